The average molecular weight is 745 g/mol. The van der Waals surface area contributed by atoms with Crippen LogP contribution in [0.2, 0.25) is 0 Å². The molecule has 0 spiro atoms. The molecule has 0 heterocycles. The van der Waals surface area contributed by atoms with Crippen molar-refractivity contribution in [2.75, 3.05) is 0 Å². The van der Waals surface area contributed by atoms with E-state index in [1.54, 1.807) is 11.1 Å². The fourth-order valence-electron chi connectivity index (χ4n) is 22.5. The van der Waals surface area contributed by atoms with Crippen LogP contribution >= 0.6 is 0 Å². The summed E-state index contributed by atoms with van der Waals surface area (Å²) in [6.07, 6.45) is 34.3. The second kappa shape index (κ2) is 10.4. The molecule has 0 aromatic heterocycles. The first-order valence-corrected chi connectivity index (χ1v) is 23.0. The Kier molecular flexibility index (Phi) is 6.77. The van der Waals surface area contributed by atoms with Gasteiger partial charge < -0.3 is 0 Å². The van der Waals surface area contributed by atoms with E-state index in [4.69, 9.17) is 0 Å². The predicted octanol–water partition coefficient (Wildman–Crippen LogP) is 15.6. The smallest absolute Gasteiger partial charge is 0.00309 e. The van der Waals surface area contributed by atoms with Crippen LogP contribution in [0.15, 0.2) is 62.7 Å². The van der Waals surface area contributed by atoms with Crippen molar-refractivity contribution in [3.63, 3.8) is 0 Å². The standard InChI is InChI=1S/C56H72/c1-11-39-15-17-43(19-41(39)13-3)51-24-45(5)21-46(6,25-51)29-53(28-45,36-51)55-32-49(9)23-50(10,33-55)35-56(34-49,38-55)54-30-47(7)22-48(8,31-54)27-52(26-47,37-54)44-18-16-40(12-2)42(14-4)20-44/h11-20H,1-4,21-38H2,5-10H3. The van der Waals surface area contributed by atoms with Gasteiger partial charge in [-0.3, -0.25) is 0 Å². The molecule has 56 heavy (non-hydrogen) atoms. The maximum absolute atomic E-state index is 4.29. The molecule has 0 aliphatic heterocycles. The fourth-order valence-corrected chi connectivity index (χ4v) is 22.5. The number of benzene rings is 2. The summed E-state index contributed by atoms with van der Waals surface area (Å²) in [6, 6.07) is 15.0. The summed E-state index contributed by atoms with van der Waals surface area (Å²) in [5.74, 6) is 0. The van der Waals surface area contributed by atoms with E-state index in [-0.39, 0.29) is 10.8 Å². The Bertz CT molecular complexity index is 1930. The quantitative estimate of drug-likeness (QED) is 0.252. The lowest BCUT2D eigenvalue weighted by atomic mass is 9.21. The van der Waals surface area contributed by atoms with Crippen molar-refractivity contribution in [1.29, 1.82) is 0 Å². The normalized spacial score (nSPS) is 52.7. The zero-order chi connectivity index (χ0) is 39.3. The minimum Gasteiger partial charge on any atom is -0.0984 e. The van der Waals surface area contributed by atoms with Crippen LogP contribution in [-0.2, 0) is 10.8 Å². The molecule has 12 aliphatic carbocycles. The van der Waals surface area contributed by atoms with Crippen LogP contribution in [0, 0.1) is 54.1 Å². The van der Waals surface area contributed by atoms with Gasteiger partial charge >= 0.3 is 0 Å². The summed E-state index contributed by atoms with van der Waals surface area (Å²) >= 11 is 0. The molecule has 2 aromatic carbocycles. The lowest BCUT2D eigenvalue weighted by Gasteiger charge is -2.83. The van der Waals surface area contributed by atoms with Gasteiger partial charge in [-0.05, 0) is 214 Å². The molecule has 0 N–H and O–H groups in total. The molecule has 0 amide bonds. The molecule has 0 radical (unpaired) electrons. The molecule has 4 atom stereocenters. The van der Waals surface area contributed by atoms with Gasteiger partial charge in [-0.2, -0.15) is 0 Å². The van der Waals surface area contributed by atoms with Gasteiger partial charge in [-0.1, -0.05) is 129 Å². The minimum atomic E-state index is 0.264. The number of hydrogen-bond donors (Lipinski definition) is 0. The highest BCUT2D eigenvalue weighted by molar-refractivity contribution is 5.66. The van der Waals surface area contributed by atoms with Crippen LogP contribution in [-0.4, -0.2) is 0 Å². The summed E-state index contributed by atoms with van der Waals surface area (Å²) in [5, 5.41) is 0. The molecule has 0 saturated heterocycles. The Balaban J connectivity index is 1.07. The zero-order valence-corrected chi connectivity index (χ0v) is 36.3. The topological polar surface area (TPSA) is 0 Å². The van der Waals surface area contributed by atoms with E-state index >= 15 is 0 Å². The molecule has 296 valence electrons. The third-order valence-corrected chi connectivity index (χ3v) is 20.3. The van der Waals surface area contributed by atoms with Crippen LogP contribution in [0.5, 0.6) is 0 Å². The van der Waals surface area contributed by atoms with Crippen molar-refractivity contribution in [3.05, 3.63) is 96.1 Å². The first-order valence-electron chi connectivity index (χ1n) is 23.0. The van der Waals surface area contributed by atoms with Gasteiger partial charge in [0.25, 0.3) is 0 Å². The van der Waals surface area contributed by atoms with E-state index in [1.807, 2.05) is 12.2 Å². The molecule has 0 nitrogen and oxygen atoms in total. The first-order chi connectivity index (χ1) is 26.2. The van der Waals surface area contributed by atoms with Gasteiger partial charge in [0.15, 0.2) is 0 Å². The fraction of sp³-hybridized carbons (Fsp3) is 0.643. The van der Waals surface area contributed by atoms with Crippen molar-refractivity contribution in [3.8, 4) is 0 Å². The van der Waals surface area contributed by atoms with Crippen LogP contribution < -0.4 is 0 Å². The lowest BCUT2D eigenvalue weighted by Crippen LogP contribution is -2.74. The third-order valence-electron chi connectivity index (χ3n) is 20.3. The van der Waals surface area contributed by atoms with Crippen molar-refractivity contribution < 1.29 is 0 Å². The average Bonchev–Trinajstić information content (AvgIpc) is 3.06. The molecule has 12 aliphatic rings. The summed E-state index contributed by atoms with van der Waals surface area (Å²) < 4.78 is 0. The molecule has 0 heteroatoms. The van der Waals surface area contributed by atoms with E-state index in [0.717, 1.165) is 0 Å². The summed E-state index contributed by atoms with van der Waals surface area (Å²) in [5.41, 5.74) is 13.1. The van der Waals surface area contributed by atoms with Crippen molar-refractivity contribution in [2.45, 2.75) is 168 Å². The highest BCUT2D eigenvalue weighted by Crippen LogP contribution is 2.90. The molecular weight excluding hydrogens is 673 g/mol. The highest BCUT2D eigenvalue weighted by atomic mass is 14.8. The van der Waals surface area contributed by atoms with Gasteiger partial charge in [0.05, 0.1) is 0 Å². The van der Waals surface area contributed by atoms with Gasteiger partial charge in [-0.25, -0.2) is 0 Å². The monoisotopic (exact) mass is 745 g/mol. The van der Waals surface area contributed by atoms with Crippen LogP contribution in [0.25, 0.3) is 24.3 Å². The number of rotatable bonds is 8. The highest BCUT2D eigenvalue weighted by Gasteiger charge is 2.80. The van der Waals surface area contributed by atoms with E-state index in [9.17, 15) is 0 Å². The second-order valence-electron chi connectivity index (χ2n) is 26.2. The van der Waals surface area contributed by atoms with E-state index < -0.39 is 0 Å². The van der Waals surface area contributed by atoms with Crippen molar-refractivity contribution in [1.82, 2.24) is 0 Å². The van der Waals surface area contributed by atoms with E-state index in [0.29, 0.717) is 54.1 Å². The van der Waals surface area contributed by atoms with E-state index in [2.05, 4.69) is 116 Å². The maximum atomic E-state index is 4.29. The Morgan fingerprint density at radius 3 is 0.875 bits per heavy atom. The Labute approximate surface area is 341 Å². The molecule has 14 rings (SSSR count). The molecule has 4 unspecified atom stereocenters. The van der Waals surface area contributed by atoms with Crippen molar-refractivity contribution >= 4 is 24.3 Å². The summed E-state index contributed by atoms with van der Waals surface area (Å²) in [6.45, 7) is 33.6. The Hall–Kier alpha value is -2.60. The van der Waals surface area contributed by atoms with Crippen LogP contribution in [0.4, 0.5) is 0 Å². The third kappa shape index (κ3) is 4.55. The van der Waals surface area contributed by atoms with Crippen LogP contribution in [0.3, 0.4) is 0 Å². The molecule has 12 bridgehead atoms. The van der Waals surface area contributed by atoms with Gasteiger partial charge in [0, 0.05) is 0 Å². The summed E-state index contributed by atoms with van der Waals surface area (Å²) in [7, 11) is 0. The Morgan fingerprint density at radius 2 is 0.589 bits per heavy atom. The van der Waals surface area contributed by atoms with Gasteiger partial charge in [-0.15, -0.1) is 0 Å². The molecular formula is C56H72. The minimum absolute atomic E-state index is 0.264. The largest absolute Gasteiger partial charge is 0.0984 e. The molecule has 12 saturated carbocycles. The first kappa shape index (κ1) is 36.5. The predicted molar refractivity (Wildman–Crippen MR) is 238 cm³/mol. The zero-order valence-electron chi connectivity index (χ0n) is 36.3. The molecule has 2 aromatic rings. The summed E-state index contributed by atoms with van der Waals surface area (Å²) in [4.78, 5) is 0. The maximum Gasteiger partial charge on any atom is -0.00309 e. The van der Waals surface area contributed by atoms with Crippen LogP contribution in [0.1, 0.15) is 190 Å². The second-order valence-corrected chi connectivity index (χ2v) is 26.2. The SMILES string of the molecule is C=Cc1ccc(C23CC4(C)CC(C)(C2)CC(C25CC6(C)CC(C)(C2)CC(C27CC8(C)CC(C)(CC(c9ccc(C=C)c(C=C)c9)(C8)C2)C7)(C6)C5)(C4)C3)cc1C=C. The van der Waals surface area contributed by atoms with Gasteiger partial charge in [0.1, 0.15) is 0 Å². The lowest BCUT2D eigenvalue weighted by molar-refractivity contribution is -0.328. The van der Waals surface area contributed by atoms with Crippen molar-refractivity contribution in [2.24, 2.45) is 54.1 Å². The van der Waals surface area contributed by atoms with Gasteiger partial charge in [0.2, 0.25) is 0 Å². The van der Waals surface area contributed by atoms with E-state index in [1.165, 1.54) is 138 Å². The molecule has 12 fully saturated rings. The number of hydrogen-bond acceptors (Lipinski definition) is 0. The Morgan fingerprint density at radius 1 is 0.321 bits per heavy atom.